The lowest BCUT2D eigenvalue weighted by Crippen LogP contribution is -2.18. The van der Waals surface area contributed by atoms with E-state index in [1.54, 1.807) is 0 Å². The van der Waals surface area contributed by atoms with E-state index in [2.05, 4.69) is 24.6 Å². The summed E-state index contributed by atoms with van der Waals surface area (Å²) in [4.78, 5) is 0. The van der Waals surface area contributed by atoms with Crippen LogP contribution in [0, 0.1) is 0 Å². The Morgan fingerprint density at radius 3 is 2.78 bits per heavy atom. The lowest BCUT2D eigenvalue weighted by atomic mass is 10.3. The largest absolute Gasteiger partial charge is 0.376 e. The maximum atomic E-state index is 3.41. The Bertz CT molecular complexity index is 120. The molecular weight excluding hydrogens is 130 g/mol. The van der Waals surface area contributed by atoms with Crippen molar-refractivity contribution in [3.8, 4) is 0 Å². The Morgan fingerprint density at radius 1 is 1.67 bits per heavy atom. The number of hydrogen-bond donors (Lipinski definition) is 1. The van der Waals surface area contributed by atoms with Gasteiger partial charge in [0, 0.05) is 5.70 Å². The molecule has 1 aliphatic rings. The molecule has 1 N–H and O–H groups in total. The van der Waals surface area contributed by atoms with Gasteiger partial charge in [0.25, 0.3) is 0 Å². The van der Waals surface area contributed by atoms with Crippen LogP contribution in [0.3, 0.4) is 0 Å². The highest BCUT2D eigenvalue weighted by molar-refractivity contribution is 8.02. The molecule has 1 heterocycles. The second-order valence-corrected chi connectivity index (χ2v) is 3.25. The molecule has 0 aliphatic carbocycles. The SMILES string of the molecule is CCC1=CSC(CC)N1. The van der Waals surface area contributed by atoms with Crippen molar-refractivity contribution in [2.75, 3.05) is 0 Å². The van der Waals surface area contributed by atoms with Gasteiger partial charge in [-0.25, -0.2) is 0 Å². The molecule has 0 spiro atoms. The monoisotopic (exact) mass is 143 g/mol. The van der Waals surface area contributed by atoms with E-state index in [-0.39, 0.29) is 0 Å². The molecule has 9 heavy (non-hydrogen) atoms. The fourth-order valence-corrected chi connectivity index (χ4v) is 1.80. The van der Waals surface area contributed by atoms with E-state index in [1.165, 1.54) is 12.1 Å². The molecule has 0 bridgehead atoms. The van der Waals surface area contributed by atoms with Crippen molar-refractivity contribution in [1.82, 2.24) is 5.32 Å². The van der Waals surface area contributed by atoms with Gasteiger partial charge in [-0.05, 0) is 18.2 Å². The van der Waals surface area contributed by atoms with Crippen LogP contribution >= 0.6 is 11.8 Å². The van der Waals surface area contributed by atoms with Crippen molar-refractivity contribution < 1.29 is 0 Å². The van der Waals surface area contributed by atoms with Gasteiger partial charge in [0.1, 0.15) is 0 Å². The van der Waals surface area contributed by atoms with Gasteiger partial charge < -0.3 is 5.32 Å². The molecule has 1 atom stereocenters. The van der Waals surface area contributed by atoms with Gasteiger partial charge in [-0.3, -0.25) is 0 Å². The van der Waals surface area contributed by atoms with Crippen LogP contribution in [-0.2, 0) is 0 Å². The summed E-state index contributed by atoms with van der Waals surface area (Å²) in [6.45, 7) is 4.38. The molecule has 0 aromatic carbocycles. The molecule has 52 valence electrons. The summed E-state index contributed by atoms with van der Waals surface area (Å²) in [7, 11) is 0. The Morgan fingerprint density at radius 2 is 2.44 bits per heavy atom. The Balaban J connectivity index is 2.31. The molecule has 0 radical (unpaired) electrons. The zero-order valence-corrected chi connectivity index (χ0v) is 6.79. The smallest absolute Gasteiger partial charge is 0.0758 e. The number of thioether (sulfide) groups is 1. The van der Waals surface area contributed by atoms with Crippen LogP contribution in [0.15, 0.2) is 11.1 Å². The summed E-state index contributed by atoms with van der Waals surface area (Å²) in [5, 5.41) is 6.30. The van der Waals surface area contributed by atoms with E-state index in [0.29, 0.717) is 5.37 Å². The lowest BCUT2D eigenvalue weighted by molar-refractivity contribution is 0.712. The molecule has 1 aliphatic heterocycles. The fraction of sp³-hybridized carbons (Fsp3) is 0.714. The molecule has 1 unspecified atom stereocenters. The summed E-state index contributed by atoms with van der Waals surface area (Å²) in [5.41, 5.74) is 1.40. The van der Waals surface area contributed by atoms with Gasteiger partial charge in [0.05, 0.1) is 5.37 Å². The maximum Gasteiger partial charge on any atom is 0.0758 e. The molecule has 2 heteroatoms. The van der Waals surface area contributed by atoms with Crippen LogP contribution in [0.1, 0.15) is 26.7 Å². The molecule has 0 saturated carbocycles. The first kappa shape index (κ1) is 7.00. The lowest BCUT2D eigenvalue weighted by Gasteiger charge is -2.07. The van der Waals surface area contributed by atoms with Gasteiger partial charge >= 0.3 is 0 Å². The molecule has 0 saturated heterocycles. The number of nitrogens with one attached hydrogen (secondary N) is 1. The summed E-state index contributed by atoms with van der Waals surface area (Å²) >= 11 is 1.90. The highest BCUT2D eigenvalue weighted by Gasteiger charge is 2.11. The molecule has 1 rings (SSSR count). The third kappa shape index (κ3) is 1.65. The van der Waals surface area contributed by atoms with Gasteiger partial charge in [-0.2, -0.15) is 0 Å². The van der Waals surface area contributed by atoms with Crippen LogP contribution < -0.4 is 5.32 Å². The standard InChI is InChI=1S/C7H13NS/c1-3-6-5-9-7(4-2)8-6/h5,7-8H,3-4H2,1-2H3. The van der Waals surface area contributed by atoms with E-state index in [0.717, 1.165) is 6.42 Å². The zero-order chi connectivity index (χ0) is 6.69. The Kier molecular flexibility index (Phi) is 2.46. The second kappa shape index (κ2) is 3.16. The number of rotatable bonds is 2. The minimum absolute atomic E-state index is 0.653. The van der Waals surface area contributed by atoms with Crippen LogP contribution in [-0.4, -0.2) is 5.37 Å². The van der Waals surface area contributed by atoms with Gasteiger partial charge in [0.15, 0.2) is 0 Å². The topological polar surface area (TPSA) is 12.0 Å². The number of allylic oxidation sites excluding steroid dienone is 1. The quantitative estimate of drug-likeness (QED) is 0.636. The summed E-state index contributed by atoms with van der Waals surface area (Å²) < 4.78 is 0. The van der Waals surface area contributed by atoms with Crippen molar-refractivity contribution >= 4 is 11.8 Å². The minimum Gasteiger partial charge on any atom is -0.376 e. The van der Waals surface area contributed by atoms with E-state index in [9.17, 15) is 0 Å². The van der Waals surface area contributed by atoms with E-state index in [1.807, 2.05) is 11.8 Å². The Hall–Kier alpha value is -0.110. The minimum atomic E-state index is 0.653. The van der Waals surface area contributed by atoms with Gasteiger partial charge in [-0.15, -0.1) is 11.8 Å². The molecule has 0 aromatic heterocycles. The zero-order valence-electron chi connectivity index (χ0n) is 5.98. The number of hydrogen-bond acceptors (Lipinski definition) is 2. The molecule has 0 amide bonds. The van der Waals surface area contributed by atoms with E-state index < -0.39 is 0 Å². The average molecular weight is 143 g/mol. The molecule has 1 nitrogen and oxygen atoms in total. The highest BCUT2D eigenvalue weighted by atomic mass is 32.2. The van der Waals surface area contributed by atoms with Crippen molar-refractivity contribution in [3.63, 3.8) is 0 Å². The van der Waals surface area contributed by atoms with Gasteiger partial charge in [0.2, 0.25) is 0 Å². The van der Waals surface area contributed by atoms with Crippen LogP contribution in [0.25, 0.3) is 0 Å². The van der Waals surface area contributed by atoms with Crippen LogP contribution in [0.5, 0.6) is 0 Å². The van der Waals surface area contributed by atoms with E-state index >= 15 is 0 Å². The van der Waals surface area contributed by atoms with Crippen molar-refractivity contribution in [1.29, 1.82) is 0 Å². The van der Waals surface area contributed by atoms with Crippen LogP contribution in [0.2, 0.25) is 0 Å². The van der Waals surface area contributed by atoms with Crippen LogP contribution in [0.4, 0.5) is 0 Å². The summed E-state index contributed by atoms with van der Waals surface area (Å²) in [6, 6.07) is 0. The normalized spacial score (nSPS) is 25.6. The molecule has 0 aromatic rings. The maximum absolute atomic E-state index is 3.41. The second-order valence-electron chi connectivity index (χ2n) is 2.17. The predicted octanol–water partition coefficient (Wildman–Crippen LogP) is 2.31. The molecule has 0 fully saturated rings. The van der Waals surface area contributed by atoms with Crippen molar-refractivity contribution in [2.45, 2.75) is 32.1 Å². The van der Waals surface area contributed by atoms with E-state index in [4.69, 9.17) is 0 Å². The van der Waals surface area contributed by atoms with Gasteiger partial charge in [-0.1, -0.05) is 13.8 Å². The third-order valence-electron chi connectivity index (χ3n) is 1.47. The first-order valence-corrected chi connectivity index (χ1v) is 4.42. The average Bonchev–Trinajstić information content (AvgIpc) is 2.34. The third-order valence-corrected chi connectivity index (χ3v) is 2.67. The fourth-order valence-electron chi connectivity index (χ4n) is 0.823. The first-order chi connectivity index (χ1) is 4.36. The van der Waals surface area contributed by atoms with Crippen molar-refractivity contribution in [2.24, 2.45) is 0 Å². The summed E-state index contributed by atoms with van der Waals surface area (Å²) in [5.74, 6) is 0. The predicted molar refractivity (Wildman–Crippen MR) is 43.2 cm³/mol. The van der Waals surface area contributed by atoms with Crippen molar-refractivity contribution in [3.05, 3.63) is 11.1 Å². The first-order valence-electron chi connectivity index (χ1n) is 3.47. The summed E-state index contributed by atoms with van der Waals surface area (Å²) in [6.07, 6.45) is 2.36. The highest BCUT2D eigenvalue weighted by Crippen LogP contribution is 2.23. The Labute approximate surface area is 60.9 Å². The molecular formula is C7H13NS.